The fourth-order valence-corrected chi connectivity index (χ4v) is 3.59. The summed E-state index contributed by atoms with van der Waals surface area (Å²) in [6.07, 6.45) is -1.27. The van der Waals surface area contributed by atoms with E-state index in [4.69, 9.17) is 4.74 Å². The van der Waals surface area contributed by atoms with E-state index in [1.54, 1.807) is 24.3 Å². The molecule has 2 aromatic carbocycles. The first-order valence-corrected chi connectivity index (χ1v) is 10.4. The second-order valence-corrected chi connectivity index (χ2v) is 8.31. The molecule has 0 aromatic heterocycles. The van der Waals surface area contributed by atoms with E-state index in [2.05, 4.69) is 10.6 Å². The Morgan fingerprint density at radius 1 is 1.13 bits per heavy atom. The molecule has 164 valence electrons. The van der Waals surface area contributed by atoms with Crippen LogP contribution >= 0.6 is 0 Å². The molecule has 1 aliphatic heterocycles. The summed E-state index contributed by atoms with van der Waals surface area (Å²) in [4.78, 5) is 38.6. The fraction of sp³-hybridized carbons (Fsp3) is 0.375. The van der Waals surface area contributed by atoms with Crippen LogP contribution in [0, 0.1) is 12.8 Å². The maximum Gasteiger partial charge on any atom is 0.411 e. The normalized spacial score (nSPS) is 18.1. The summed E-state index contributed by atoms with van der Waals surface area (Å²) in [6, 6.07) is 14.0. The van der Waals surface area contributed by atoms with Gasteiger partial charge < -0.3 is 15.4 Å². The number of carbonyl (C=O) groups excluding carboxylic acids is 3. The molecule has 7 heteroatoms. The molecule has 2 unspecified atom stereocenters. The van der Waals surface area contributed by atoms with Gasteiger partial charge in [-0.25, -0.2) is 4.79 Å². The Kier molecular flexibility index (Phi) is 6.95. The number of rotatable bonds is 7. The Morgan fingerprint density at radius 2 is 1.84 bits per heavy atom. The number of ether oxygens (including phenoxy) is 1. The van der Waals surface area contributed by atoms with Crippen molar-refractivity contribution in [1.82, 2.24) is 10.2 Å². The lowest BCUT2D eigenvalue weighted by Gasteiger charge is -2.25. The number of nitrogens with one attached hydrogen (secondary N) is 2. The number of amides is 3. The second-order valence-electron chi connectivity index (χ2n) is 8.31. The predicted octanol–water partition coefficient (Wildman–Crippen LogP) is 3.79. The summed E-state index contributed by atoms with van der Waals surface area (Å²) >= 11 is 0. The summed E-state index contributed by atoms with van der Waals surface area (Å²) in [5.41, 5.74) is 3.34. The van der Waals surface area contributed by atoms with E-state index in [1.807, 2.05) is 45.0 Å². The maximum atomic E-state index is 13.1. The van der Waals surface area contributed by atoms with Crippen LogP contribution in [0.2, 0.25) is 0 Å². The van der Waals surface area contributed by atoms with Gasteiger partial charge in [-0.2, -0.15) is 0 Å². The van der Waals surface area contributed by atoms with Crippen molar-refractivity contribution in [3.63, 3.8) is 0 Å². The molecule has 2 aromatic rings. The standard InChI is InChI=1S/C24H29N3O4/c1-15(2)13-25-23(29)21-22(19-8-10-20(11-9-19)26-17(4)28)31-24(30)27(21)14-18-7-5-6-16(3)12-18/h5-12,15,21-22H,13-14H2,1-4H3,(H,25,29)(H,26,28). The Bertz CT molecular complexity index is 956. The van der Waals surface area contributed by atoms with Crippen molar-refractivity contribution < 1.29 is 19.1 Å². The third-order valence-corrected chi connectivity index (χ3v) is 5.03. The number of hydrogen-bond acceptors (Lipinski definition) is 4. The topological polar surface area (TPSA) is 87.7 Å². The number of anilines is 1. The first-order valence-electron chi connectivity index (χ1n) is 10.4. The number of benzene rings is 2. The molecule has 2 N–H and O–H groups in total. The van der Waals surface area contributed by atoms with Gasteiger partial charge in [0.1, 0.15) is 0 Å². The molecule has 0 radical (unpaired) electrons. The van der Waals surface area contributed by atoms with Crippen molar-refractivity contribution in [2.45, 2.75) is 46.4 Å². The van der Waals surface area contributed by atoms with Crippen LogP contribution in [0.25, 0.3) is 0 Å². The first-order chi connectivity index (χ1) is 14.7. The predicted molar refractivity (Wildman–Crippen MR) is 118 cm³/mol. The molecule has 1 fully saturated rings. The molecule has 3 amide bonds. The molecule has 1 aliphatic rings. The quantitative estimate of drug-likeness (QED) is 0.709. The molecular weight excluding hydrogens is 394 g/mol. The highest BCUT2D eigenvalue weighted by molar-refractivity contribution is 5.90. The Labute approximate surface area is 182 Å². The summed E-state index contributed by atoms with van der Waals surface area (Å²) in [5, 5.41) is 5.65. The Morgan fingerprint density at radius 3 is 2.45 bits per heavy atom. The lowest BCUT2D eigenvalue weighted by molar-refractivity contribution is -0.126. The van der Waals surface area contributed by atoms with E-state index in [0.717, 1.165) is 11.1 Å². The van der Waals surface area contributed by atoms with Crippen LogP contribution in [0.5, 0.6) is 0 Å². The first kappa shape index (κ1) is 22.3. The SMILES string of the molecule is CC(=O)Nc1ccc(C2OC(=O)N(Cc3cccc(C)c3)C2C(=O)NCC(C)C)cc1. The van der Waals surface area contributed by atoms with E-state index < -0.39 is 18.2 Å². The van der Waals surface area contributed by atoms with E-state index in [9.17, 15) is 14.4 Å². The smallest absolute Gasteiger partial charge is 0.411 e. The van der Waals surface area contributed by atoms with E-state index in [1.165, 1.54) is 11.8 Å². The summed E-state index contributed by atoms with van der Waals surface area (Å²) < 4.78 is 5.66. The van der Waals surface area contributed by atoms with Gasteiger partial charge in [0.25, 0.3) is 0 Å². The molecule has 7 nitrogen and oxygen atoms in total. The maximum absolute atomic E-state index is 13.1. The molecular formula is C24H29N3O4. The van der Waals surface area contributed by atoms with Crippen LogP contribution in [0.3, 0.4) is 0 Å². The minimum absolute atomic E-state index is 0.171. The van der Waals surface area contributed by atoms with E-state index >= 15 is 0 Å². The van der Waals surface area contributed by atoms with E-state index in [-0.39, 0.29) is 24.3 Å². The summed E-state index contributed by atoms with van der Waals surface area (Å²) in [6.45, 7) is 8.23. The Hall–Kier alpha value is -3.35. The minimum atomic E-state index is -0.793. The second kappa shape index (κ2) is 9.64. The largest absolute Gasteiger partial charge is 0.438 e. The van der Waals surface area contributed by atoms with Gasteiger partial charge in [0.15, 0.2) is 12.1 Å². The molecule has 1 heterocycles. The van der Waals surface area contributed by atoms with Crippen molar-refractivity contribution in [2.75, 3.05) is 11.9 Å². The highest BCUT2D eigenvalue weighted by Crippen LogP contribution is 2.34. The van der Waals surface area contributed by atoms with Gasteiger partial charge in [0, 0.05) is 19.2 Å². The van der Waals surface area contributed by atoms with Gasteiger partial charge in [-0.05, 0) is 36.1 Å². The molecule has 31 heavy (non-hydrogen) atoms. The zero-order chi connectivity index (χ0) is 22.5. The molecule has 1 saturated heterocycles. The molecule has 0 aliphatic carbocycles. The van der Waals surface area contributed by atoms with Crippen LogP contribution < -0.4 is 10.6 Å². The monoisotopic (exact) mass is 423 g/mol. The number of carbonyl (C=O) groups is 3. The third-order valence-electron chi connectivity index (χ3n) is 5.03. The highest BCUT2D eigenvalue weighted by Gasteiger charge is 2.46. The third kappa shape index (κ3) is 5.63. The fourth-order valence-electron chi connectivity index (χ4n) is 3.59. The minimum Gasteiger partial charge on any atom is -0.438 e. The highest BCUT2D eigenvalue weighted by atomic mass is 16.6. The molecule has 2 atom stereocenters. The lowest BCUT2D eigenvalue weighted by Crippen LogP contribution is -2.47. The Balaban J connectivity index is 1.88. The molecule has 0 spiro atoms. The zero-order valence-corrected chi connectivity index (χ0v) is 18.3. The van der Waals surface area contributed by atoms with Crippen molar-refractivity contribution in [2.24, 2.45) is 5.92 Å². The van der Waals surface area contributed by atoms with Crippen molar-refractivity contribution in [1.29, 1.82) is 0 Å². The molecule has 0 bridgehead atoms. The van der Waals surface area contributed by atoms with Crippen LogP contribution in [0.15, 0.2) is 48.5 Å². The van der Waals surface area contributed by atoms with Gasteiger partial charge in [-0.1, -0.05) is 55.8 Å². The summed E-state index contributed by atoms with van der Waals surface area (Å²) in [5.74, 6) is -0.138. The van der Waals surface area contributed by atoms with Crippen molar-refractivity contribution >= 4 is 23.6 Å². The zero-order valence-electron chi connectivity index (χ0n) is 18.3. The van der Waals surface area contributed by atoms with Gasteiger partial charge in [-0.15, -0.1) is 0 Å². The van der Waals surface area contributed by atoms with Crippen molar-refractivity contribution in [3.8, 4) is 0 Å². The van der Waals surface area contributed by atoms with Gasteiger partial charge >= 0.3 is 6.09 Å². The van der Waals surface area contributed by atoms with Gasteiger partial charge in [0.2, 0.25) is 11.8 Å². The van der Waals surface area contributed by atoms with Crippen LogP contribution in [-0.4, -0.2) is 35.4 Å². The van der Waals surface area contributed by atoms with Crippen LogP contribution in [0.1, 0.15) is 43.6 Å². The number of hydrogen-bond donors (Lipinski definition) is 2. The molecule has 0 saturated carbocycles. The number of aryl methyl sites for hydroxylation is 1. The van der Waals surface area contributed by atoms with Crippen LogP contribution in [-0.2, 0) is 20.9 Å². The summed E-state index contributed by atoms with van der Waals surface area (Å²) in [7, 11) is 0. The average Bonchev–Trinajstić information content (AvgIpc) is 3.02. The molecule has 3 rings (SSSR count). The number of cyclic esters (lactones) is 1. The lowest BCUT2D eigenvalue weighted by atomic mass is 10.00. The van der Waals surface area contributed by atoms with Gasteiger partial charge in [0.05, 0.1) is 6.54 Å². The average molecular weight is 424 g/mol. The van der Waals surface area contributed by atoms with Gasteiger partial charge in [-0.3, -0.25) is 14.5 Å². The van der Waals surface area contributed by atoms with E-state index in [0.29, 0.717) is 17.8 Å². The number of nitrogens with zero attached hydrogens (tertiary/aromatic N) is 1. The van der Waals surface area contributed by atoms with Crippen LogP contribution in [0.4, 0.5) is 10.5 Å². The van der Waals surface area contributed by atoms with Crippen molar-refractivity contribution in [3.05, 3.63) is 65.2 Å².